The Balaban J connectivity index is 1.81. The molecule has 0 aliphatic rings. The van der Waals surface area contributed by atoms with E-state index >= 15 is 0 Å². The maximum Gasteiger partial charge on any atom is 0.275 e. The number of pyridine rings is 1. The van der Waals surface area contributed by atoms with Gasteiger partial charge in [0.2, 0.25) is 5.91 Å². The third-order valence-electron chi connectivity index (χ3n) is 3.93. The number of fused-ring (bicyclic) bond motifs is 1. The maximum atomic E-state index is 12.5. The van der Waals surface area contributed by atoms with Crippen LogP contribution in [-0.2, 0) is 11.3 Å². The van der Waals surface area contributed by atoms with Gasteiger partial charge >= 0.3 is 0 Å². The van der Waals surface area contributed by atoms with Crippen molar-refractivity contribution in [2.45, 2.75) is 26.4 Å². The quantitative estimate of drug-likeness (QED) is 0.797. The van der Waals surface area contributed by atoms with Crippen LogP contribution in [0.3, 0.4) is 0 Å². The fourth-order valence-electron chi connectivity index (χ4n) is 2.67. The lowest BCUT2D eigenvalue weighted by Gasteiger charge is -2.15. The smallest absolute Gasteiger partial charge is 0.275 e. The molecule has 0 saturated heterocycles. The average molecular weight is 322 g/mol. The largest absolute Gasteiger partial charge is 0.348 e. The Morgan fingerprint density at radius 2 is 1.83 bits per heavy atom. The summed E-state index contributed by atoms with van der Waals surface area (Å²) in [5, 5.41) is 8.51. The predicted octanol–water partition coefficient (Wildman–Crippen LogP) is 1.98. The second kappa shape index (κ2) is 6.62. The fourth-order valence-corrected chi connectivity index (χ4v) is 2.67. The predicted molar refractivity (Wildman–Crippen MR) is 91.5 cm³/mol. The topological polar surface area (TPSA) is 76.9 Å². The Morgan fingerprint density at radius 1 is 1.17 bits per heavy atom. The van der Waals surface area contributed by atoms with Crippen LogP contribution in [-0.4, -0.2) is 20.7 Å². The number of nitrogens with zero attached hydrogens (tertiary/aromatic N) is 3. The number of aryl methyl sites for hydroxylation is 1. The third-order valence-corrected chi connectivity index (χ3v) is 3.93. The number of carbonyl (C=O) groups excluding carboxylic acids is 1. The first kappa shape index (κ1) is 15.9. The van der Waals surface area contributed by atoms with E-state index in [0.29, 0.717) is 5.39 Å². The van der Waals surface area contributed by atoms with Gasteiger partial charge in [0, 0.05) is 17.8 Å². The van der Waals surface area contributed by atoms with Crippen molar-refractivity contribution in [3.8, 4) is 0 Å². The van der Waals surface area contributed by atoms with Gasteiger partial charge in [0.15, 0.2) is 0 Å². The Labute approximate surface area is 139 Å². The summed E-state index contributed by atoms with van der Waals surface area (Å²) in [6, 6.07) is 10.8. The number of benzene rings is 1. The summed E-state index contributed by atoms with van der Waals surface area (Å²) < 4.78 is 1.21. The van der Waals surface area contributed by atoms with Crippen molar-refractivity contribution in [1.29, 1.82) is 0 Å². The summed E-state index contributed by atoms with van der Waals surface area (Å²) in [7, 11) is 0. The van der Waals surface area contributed by atoms with Crippen molar-refractivity contribution in [3.63, 3.8) is 0 Å². The monoisotopic (exact) mass is 322 g/mol. The van der Waals surface area contributed by atoms with Crippen LogP contribution in [0, 0.1) is 6.92 Å². The lowest BCUT2D eigenvalue weighted by Crippen LogP contribution is -2.35. The molecule has 122 valence electrons. The maximum absolute atomic E-state index is 12.5. The number of aromatic nitrogens is 3. The van der Waals surface area contributed by atoms with Gasteiger partial charge in [-0.2, -0.15) is 5.10 Å². The molecule has 6 heteroatoms. The fraction of sp³-hybridized carbons (Fsp3) is 0.222. The van der Waals surface area contributed by atoms with Crippen LogP contribution >= 0.6 is 0 Å². The highest BCUT2D eigenvalue weighted by Gasteiger charge is 2.13. The molecule has 3 rings (SSSR count). The Hall–Kier alpha value is -3.02. The van der Waals surface area contributed by atoms with Crippen LogP contribution in [0.2, 0.25) is 0 Å². The van der Waals surface area contributed by atoms with Crippen LogP contribution in [0.4, 0.5) is 0 Å². The third kappa shape index (κ3) is 3.17. The van der Waals surface area contributed by atoms with Crippen molar-refractivity contribution < 1.29 is 4.79 Å². The Bertz CT molecular complexity index is 935. The molecule has 0 fully saturated rings. The van der Waals surface area contributed by atoms with Crippen LogP contribution < -0.4 is 10.9 Å². The van der Waals surface area contributed by atoms with Crippen molar-refractivity contribution >= 4 is 16.7 Å². The van der Waals surface area contributed by atoms with Crippen LogP contribution in [0.25, 0.3) is 10.8 Å². The molecule has 0 saturated carbocycles. The van der Waals surface area contributed by atoms with Gasteiger partial charge < -0.3 is 5.32 Å². The van der Waals surface area contributed by atoms with Crippen molar-refractivity contribution in [3.05, 3.63) is 70.4 Å². The number of rotatable bonds is 4. The average Bonchev–Trinajstić information content (AvgIpc) is 2.60. The van der Waals surface area contributed by atoms with Crippen LogP contribution in [0.15, 0.2) is 53.6 Å². The molecule has 0 radical (unpaired) electrons. The molecule has 0 unspecified atom stereocenters. The normalized spacial score (nSPS) is 12.1. The minimum absolute atomic E-state index is 0.111. The molecule has 0 aliphatic carbocycles. The van der Waals surface area contributed by atoms with E-state index in [1.807, 2.05) is 38.1 Å². The van der Waals surface area contributed by atoms with E-state index in [4.69, 9.17) is 0 Å². The molecule has 0 aliphatic heterocycles. The second-order valence-electron chi connectivity index (χ2n) is 5.66. The summed E-state index contributed by atoms with van der Waals surface area (Å²) in [5.41, 5.74) is 1.41. The van der Waals surface area contributed by atoms with Gasteiger partial charge in [-0.1, -0.05) is 18.2 Å². The summed E-state index contributed by atoms with van der Waals surface area (Å²) in [5.74, 6) is -0.261. The van der Waals surface area contributed by atoms with Gasteiger partial charge in [-0.25, -0.2) is 4.68 Å². The van der Waals surface area contributed by atoms with E-state index in [9.17, 15) is 9.59 Å². The highest BCUT2D eigenvalue weighted by Crippen LogP contribution is 2.12. The number of hydrogen-bond donors (Lipinski definition) is 1. The van der Waals surface area contributed by atoms with Gasteiger partial charge in [-0.05, 0) is 37.6 Å². The Kier molecular flexibility index (Phi) is 4.37. The molecule has 2 aromatic heterocycles. The van der Waals surface area contributed by atoms with Crippen molar-refractivity contribution in [2.75, 3.05) is 0 Å². The molecule has 24 heavy (non-hydrogen) atoms. The molecule has 6 nitrogen and oxygen atoms in total. The molecule has 0 bridgehead atoms. The summed E-state index contributed by atoms with van der Waals surface area (Å²) in [4.78, 5) is 28.7. The molecule has 1 aromatic carbocycles. The van der Waals surface area contributed by atoms with E-state index < -0.39 is 0 Å². The van der Waals surface area contributed by atoms with E-state index in [-0.39, 0.29) is 24.1 Å². The van der Waals surface area contributed by atoms with Gasteiger partial charge in [-0.15, -0.1) is 0 Å². The first-order valence-corrected chi connectivity index (χ1v) is 7.72. The second-order valence-corrected chi connectivity index (χ2v) is 5.66. The molecule has 0 spiro atoms. The highest BCUT2D eigenvalue weighted by atomic mass is 16.2. The van der Waals surface area contributed by atoms with E-state index in [0.717, 1.165) is 16.6 Å². The zero-order chi connectivity index (χ0) is 17.1. The molecular weight excluding hydrogens is 304 g/mol. The zero-order valence-electron chi connectivity index (χ0n) is 13.6. The number of hydrogen-bond acceptors (Lipinski definition) is 4. The molecule has 1 amide bonds. The molecule has 3 aromatic rings. The van der Waals surface area contributed by atoms with Crippen molar-refractivity contribution in [2.24, 2.45) is 0 Å². The van der Waals surface area contributed by atoms with E-state index in [1.54, 1.807) is 24.5 Å². The van der Waals surface area contributed by atoms with E-state index in [2.05, 4.69) is 15.4 Å². The minimum atomic E-state index is -0.261. The first-order valence-electron chi connectivity index (χ1n) is 7.72. The Morgan fingerprint density at radius 3 is 2.54 bits per heavy atom. The molecule has 2 heterocycles. The van der Waals surface area contributed by atoms with Crippen LogP contribution in [0.1, 0.15) is 24.2 Å². The first-order chi connectivity index (χ1) is 11.6. The molecular formula is C18H18N4O2. The lowest BCUT2D eigenvalue weighted by molar-refractivity contribution is -0.122. The van der Waals surface area contributed by atoms with Gasteiger partial charge in [0.25, 0.3) is 5.56 Å². The number of nitrogens with one attached hydrogen (secondary N) is 1. The summed E-state index contributed by atoms with van der Waals surface area (Å²) >= 11 is 0. The number of amides is 1. The minimum Gasteiger partial charge on any atom is -0.348 e. The highest BCUT2D eigenvalue weighted by molar-refractivity contribution is 5.83. The van der Waals surface area contributed by atoms with Crippen molar-refractivity contribution in [1.82, 2.24) is 20.1 Å². The zero-order valence-corrected chi connectivity index (χ0v) is 13.6. The lowest BCUT2D eigenvalue weighted by atomic mass is 10.1. The number of carbonyl (C=O) groups is 1. The standard InChI is InChI=1S/C18H18N4O2/c1-12(14-7-9-19-10-8-14)20-17(23)11-22-18(24)16-6-4-3-5-15(16)13(2)21-22/h3-10,12H,11H2,1-2H3,(H,20,23)/t12-/m0/s1. The SMILES string of the molecule is Cc1nn(CC(=O)N[C@@H](C)c2ccncc2)c(=O)c2ccccc12. The van der Waals surface area contributed by atoms with Crippen LogP contribution in [0.5, 0.6) is 0 Å². The van der Waals surface area contributed by atoms with Gasteiger partial charge in [-0.3, -0.25) is 14.6 Å². The summed E-state index contributed by atoms with van der Waals surface area (Å²) in [6.45, 7) is 3.60. The van der Waals surface area contributed by atoms with E-state index in [1.165, 1.54) is 4.68 Å². The van der Waals surface area contributed by atoms with Gasteiger partial charge in [0.05, 0.1) is 17.1 Å². The molecule has 1 atom stereocenters. The summed E-state index contributed by atoms with van der Waals surface area (Å²) in [6.07, 6.45) is 3.35. The van der Waals surface area contributed by atoms with Gasteiger partial charge in [0.1, 0.15) is 6.54 Å². The molecule has 1 N–H and O–H groups in total.